The average Bonchev–Trinajstić information content (AvgIpc) is 2.39. The van der Waals surface area contributed by atoms with Crippen molar-refractivity contribution in [2.45, 2.75) is 38.7 Å². The van der Waals surface area contributed by atoms with E-state index in [-0.39, 0.29) is 12.1 Å². The first kappa shape index (κ1) is 12.2. The van der Waals surface area contributed by atoms with E-state index in [1.807, 2.05) is 0 Å². The molecule has 2 aromatic rings. The lowest BCUT2D eigenvalue weighted by atomic mass is 9.89. The zero-order valence-electron chi connectivity index (χ0n) is 11.2. The molecule has 2 nitrogen and oxygen atoms in total. The summed E-state index contributed by atoms with van der Waals surface area (Å²) in [6.45, 7) is 1.49. The van der Waals surface area contributed by atoms with Crippen LogP contribution < -0.4 is 0 Å². The van der Waals surface area contributed by atoms with Gasteiger partial charge in [-0.25, -0.2) is 0 Å². The molecule has 1 aliphatic carbocycles. The van der Waals surface area contributed by atoms with Crippen LogP contribution in [0.4, 0.5) is 0 Å². The third-order valence-corrected chi connectivity index (χ3v) is 3.88. The lowest BCUT2D eigenvalue weighted by Crippen LogP contribution is -2.19. The SMILES string of the molecule is CC(=O)OC1CCc2cccc3cccc(c23)CC1. The largest absolute Gasteiger partial charge is 0.463 e. The number of benzene rings is 2. The van der Waals surface area contributed by atoms with E-state index in [1.54, 1.807) is 0 Å². The number of ether oxygens (including phenoxy) is 1. The van der Waals surface area contributed by atoms with Gasteiger partial charge < -0.3 is 4.74 Å². The topological polar surface area (TPSA) is 26.3 Å². The van der Waals surface area contributed by atoms with Gasteiger partial charge in [0, 0.05) is 6.92 Å². The number of esters is 1. The molecule has 0 bridgehead atoms. The van der Waals surface area contributed by atoms with Gasteiger partial charge in [0.25, 0.3) is 0 Å². The first-order valence-electron chi connectivity index (χ1n) is 6.91. The smallest absolute Gasteiger partial charge is 0.302 e. The molecule has 0 saturated heterocycles. The van der Waals surface area contributed by atoms with Crippen molar-refractivity contribution in [3.8, 4) is 0 Å². The molecule has 98 valence electrons. The molecule has 0 unspecified atom stereocenters. The Morgan fingerprint density at radius 1 is 1.05 bits per heavy atom. The van der Waals surface area contributed by atoms with Crippen LogP contribution in [-0.4, -0.2) is 12.1 Å². The zero-order chi connectivity index (χ0) is 13.2. The molecule has 19 heavy (non-hydrogen) atoms. The van der Waals surface area contributed by atoms with Crippen LogP contribution in [0.5, 0.6) is 0 Å². The molecule has 0 atom stereocenters. The number of hydrogen-bond donors (Lipinski definition) is 0. The summed E-state index contributed by atoms with van der Waals surface area (Å²) in [5, 5.41) is 2.73. The van der Waals surface area contributed by atoms with Crippen LogP contribution in [0.15, 0.2) is 36.4 Å². The molecule has 2 heteroatoms. The van der Waals surface area contributed by atoms with Gasteiger partial charge in [-0.1, -0.05) is 36.4 Å². The van der Waals surface area contributed by atoms with Crippen molar-refractivity contribution in [2.24, 2.45) is 0 Å². The zero-order valence-corrected chi connectivity index (χ0v) is 11.2. The number of hydrogen-bond acceptors (Lipinski definition) is 2. The fraction of sp³-hybridized carbons (Fsp3) is 0.353. The highest BCUT2D eigenvalue weighted by Crippen LogP contribution is 2.29. The molecule has 0 saturated carbocycles. The van der Waals surface area contributed by atoms with E-state index in [9.17, 15) is 4.79 Å². The van der Waals surface area contributed by atoms with Crippen LogP contribution in [0.2, 0.25) is 0 Å². The van der Waals surface area contributed by atoms with Crippen molar-refractivity contribution in [2.75, 3.05) is 0 Å². The lowest BCUT2D eigenvalue weighted by Gasteiger charge is -2.21. The Balaban J connectivity index is 1.98. The third-order valence-electron chi connectivity index (χ3n) is 3.88. The van der Waals surface area contributed by atoms with E-state index >= 15 is 0 Å². The molecule has 2 aromatic carbocycles. The van der Waals surface area contributed by atoms with Gasteiger partial charge in [0.2, 0.25) is 0 Å². The molecule has 0 spiro atoms. The quantitative estimate of drug-likeness (QED) is 0.726. The summed E-state index contributed by atoms with van der Waals surface area (Å²) in [7, 11) is 0. The number of aryl methyl sites for hydroxylation is 2. The van der Waals surface area contributed by atoms with Crippen LogP contribution >= 0.6 is 0 Å². The summed E-state index contributed by atoms with van der Waals surface area (Å²) in [6, 6.07) is 13.0. The minimum absolute atomic E-state index is 0.0566. The van der Waals surface area contributed by atoms with E-state index < -0.39 is 0 Å². The van der Waals surface area contributed by atoms with Gasteiger partial charge in [-0.15, -0.1) is 0 Å². The maximum atomic E-state index is 11.1. The highest BCUT2D eigenvalue weighted by molar-refractivity contribution is 5.89. The van der Waals surface area contributed by atoms with Gasteiger partial charge in [0.1, 0.15) is 6.10 Å². The Labute approximate surface area is 113 Å². The number of rotatable bonds is 1. The van der Waals surface area contributed by atoms with Crippen molar-refractivity contribution in [1.82, 2.24) is 0 Å². The monoisotopic (exact) mass is 254 g/mol. The van der Waals surface area contributed by atoms with Crippen LogP contribution in [0, 0.1) is 0 Å². The summed E-state index contributed by atoms with van der Waals surface area (Å²) in [5.74, 6) is -0.169. The van der Waals surface area contributed by atoms with Crippen LogP contribution in [0.25, 0.3) is 10.8 Å². The predicted octanol–water partition coefficient (Wildman–Crippen LogP) is 3.65. The van der Waals surface area contributed by atoms with E-state index in [0.29, 0.717) is 0 Å². The summed E-state index contributed by atoms with van der Waals surface area (Å²) in [6.07, 6.45) is 3.86. The van der Waals surface area contributed by atoms with Crippen molar-refractivity contribution < 1.29 is 9.53 Å². The van der Waals surface area contributed by atoms with Crippen LogP contribution in [-0.2, 0) is 22.4 Å². The Morgan fingerprint density at radius 2 is 1.63 bits per heavy atom. The molecular formula is C17H18O2. The molecule has 0 N–H and O–H groups in total. The molecular weight excluding hydrogens is 236 g/mol. The van der Waals surface area contributed by atoms with E-state index in [1.165, 1.54) is 28.8 Å². The second-order valence-corrected chi connectivity index (χ2v) is 5.24. The van der Waals surface area contributed by atoms with Gasteiger partial charge in [-0.3, -0.25) is 4.79 Å². The first-order valence-corrected chi connectivity index (χ1v) is 6.91. The molecule has 0 heterocycles. The van der Waals surface area contributed by atoms with Crippen molar-refractivity contribution in [3.05, 3.63) is 47.5 Å². The van der Waals surface area contributed by atoms with Gasteiger partial charge >= 0.3 is 5.97 Å². The fourth-order valence-electron chi connectivity index (χ4n) is 3.05. The molecule has 0 aliphatic heterocycles. The Morgan fingerprint density at radius 3 is 2.16 bits per heavy atom. The molecule has 0 aromatic heterocycles. The van der Waals surface area contributed by atoms with Crippen molar-refractivity contribution in [1.29, 1.82) is 0 Å². The number of carbonyl (C=O) groups is 1. The average molecular weight is 254 g/mol. The minimum atomic E-state index is -0.169. The van der Waals surface area contributed by atoms with E-state index in [2.05, 4.69) is 36.4 Å². The van der Waals surface area contributed by atoms with Crippen LogP contribution in [0.1, 0.15) is 30.9 Å². The van der Waals surface area contributed by atoms with E-state index in [4.69, 9.17) is 4.74 Å². The summed E-state index contributed by atoms with van der Waals surface area (Å²) in [5.41, 5.74) is 2.76. The molecule has 1 aliphatic rings. The highest BCUT2D eigenvalue weighted by Gasteiger charge is 2.17. The second kappa shape index (κ2) is 5.04. The molecule has 0 amide bonds. The lowest BCUT2D eigenvalue weighted by molar-refractivity contribution is -0.146. The molecule has 0 radical (unpaired) electrons. The fourth-order valence-corrected chi connectivity index (χ4v) is 3.05. The Kier molecular flexibility index (Phi) is 3.24. The van der Waals surface area contributed by atoms with Gasteiger partial charge in [0.15, 0.2) is 0 Å². The standard InChI is InChI=1S/C17H18O2/c1-12(18)19-16-10-8-14-6-2-4-13-5-3-7-15(9-11-16)17(13)14/h2-7,16H,8-11H2,1H3. The minimum Gasteiger partial charge on any atom is -0.463 e. The first-order chi connectivity index (χ1) is 9.24. The Hall–Kier alpha value is -1.83. The predicted molar refractivity (Wildman–Crippen MR) is 76.1 cm³/mol. The van der Waals surface area contributed by atoms with E-state index in [0.717, 1.165) is 25.7 Å². The molecule has 3 rings (SSSR count). The van der Waals surface area contributed by atoms with Gasteiger partial charge in [0.05, 0.1) is 0 Å². The Bertz CT molecular complexity index is 573. The third kappa shape index (κ3) is 2.48. The number of carbonyl (C=O) groups excluding carboxylic acids is 1. The second-order valence-electron chi connectivity index (χ2n) is 5.24. The maximum Gasteiger partial charge on any atom is 0.302 e. The maximum absolute atomic E-state index is 11.1. The van der Waals surface area contributed by atoms with Crippen molar-refractivity contribution >= 4 is 16.7 Å². The molecule has 0 fully saturated rings. The summed E-state index contributed by atoms with van der Waals surface area (Å²) < 4.78 is 5.40. The van der Waals surface area contributed by atoms with Crippen molar-refractivity contribution in [3.63, 3.8) is 0 Å². The van der Waals surface area contributed by atoms with Gasteiger partial charge in [-0.2, -0.15) is 0 Å². The highest BCUT2D eigenvalue weighted by atomic mass is 16.5. The normalized spacial score (nSPS) is 15.8. The van der Waals surface area contributed by atoms with Gasteiger partial charge in [-0.05, 0) is 47.6 Å². The summed E-state index contributed by atoms with van der Waals surface area (Å²) >= 11 is 0. The summed E-state index contributed by atoms with van der Waals surface area (Å²) in [4.78, 5) is 11.1. The van der Waals surface area contributed by atoms with Crippen LogP contribution in [0.3, 0.4) is 0 Å².